The summed E-state index contributed by atoms with van der Waals surface area (Å²) in [5, 5.41) is 9.31. The van der Waals surface area contributed by atoms with Gasteiger partial charge in [-0.1, -0.05) is 30.3 Å². The molecule has 170 valence electrons. The number of aryl methyl sites for hydroxylation is 1. The Labute approximate surface area is 188 Å². The zero-order valence-corrected chi connectivity index (χ0v) is 18.3. The SMILES string of the molecule is COc1c(F)ccc(-c2ccccc2)c1S(=O)(=O)n1cc(CCC(=O)O)c2cc(F)ccc21. The van der Waals surface area contributed by atoms with E-state index in [-0.39, 0.29) is 34.2 Å². The summed E-state index contributed by atoms with van der Waals surface area (Å²) in [6, 6.07) is 14.6. The topological polar surface area (TPSA) is 85.6 Å². The maximum absolute atomic E-state index is 14.7. The van der Waals surface area contributed by atoms with Crippen molar-refractivity contribution in [2.24, 2.45) is 0 Å². The number of aromatic nitrogens is 1. The summed E-state index contributed by atoms with van der Waals surface area (Å²) in [6.45, 7) is 0. The van der Waals surface area contributed by atoms with Gasteiger partial charge in [-0.3, -0.25) is 4.79 Å². The molecule has 1 aromatic heterocycles. The fourth-order valence-corrected chi connectivity index (χ4v) is 5.57. The second-order valence-electron chi connectivity index (χ2n) is 7.33. The Balaban J connectivity index is 2.02. The van der Waals surface area contributed by atoms with Crippen LogP contribution in [0.4, 0.5) is 8.78 Å². The van der Waals surface area contributed by atoms with Crippen molar-refractivity contribution >= 4 is 26.9 Å². The Bertz CT molecular complexity index is 1460. The molecule has 6 nitrogen and oxygen atoms in total. The molecule has 0 aliphatic carbocycles. The van der Waals surface area contributed by atoms with E-state index >= 15 is 0 Å². The highest BCUT2D eigenvalue weighted by atomic mass is 32.2. The number of carboxylic acid groups (broad SMARTS) is 1. The van der Waals surface area contributed by atoms with Crippen molar-refractivity contribution in [3.63, 3.8) is 0 Å². The van der Waals surface area contributed by atoms with Gasteiger partial charge in [-0.2, -0.15) is 0 Å². The summed E-state index contributed by atoms with van der Waals surface area (Å²) >= 11 is 0. The van der Waals surface area contributed by atoms with Gasteiger partial charge in [0.2, 0.25) is 0 Å². The highest BCUT2D eigenvalue weighted by molar-refractivity contribution is 7.90. The molecule has 0 spiro atoms. The lowest BCUT2D eigenvalue weighted by Crippen LogP contribution is -2.15. The molecule has 0 aliphatic rings. The standard InChI is InChI=1S/C24H19F2NO5S/c1-32-23-20(26)10-9-18(15-5-3-2-4-6-15)24(23)33(30,31)27-14-16(7-12-22(28)29)19-13-17(25)8-11-21(19)27/h2-6,8-11,13-14H,7,12H2,1H3,(H,28,29). The number of methoxy groups -OCH3 is 1. The van der Waals surface area contributed by atoms with Gasteiger partial charge in [0.05, 0.1) is 12.6 Å². The first kappa shape index (κ1) is 22.5. The lowest BCUT2D eigenvalue weighted by Gasteiger charge is -2.16. The molecule has 33 heavy (non-hydrogen) atoms. The molecule has 0 radical (unpaired) electrons. The number of aliphatic carboxylic acids is 1. The predicted molar refractivity (Wildman–Crippen MR) is 119 cm³/mol. The van der Waals surface area contributed by atoms with Gasteiger partial charge in [0.1, 0.15) is 10.7 Å². The molecule has 0 amide bonds. The fourth-order valence-electron chi connectivity index (χ4n) is 3.81. The largest absolute Gasteiger partial charge is 0.492 e. The van der Waals surface area contributed by atoms with Crippen LogP contribution >= 0.6 is 0 Å². The zero-order valence-electron chi connectivity index (χ0n) is 17.5. The van der Waals surface area contributed by atoms with E-state index in [4.69, 9.17) is 9.84 Å². The number of nitrogens with zero attached hydrogens (tertiary/aromatic N) is 1. The average Bonchev–Trinajstić information content (AvgIpc) is 3.16. The van der Waals surface area contributed by atoms with Crippen LogP contribution in [0.25, 0.3) is 22.0 Å². The third kappa shape index (κ3) is 4.07. The number of carbonyl (C=O) groups is 1. The highest BCUT2D eigenvalue weighted by Gasteiger charge is 2.30. The monoisotopic (exact) mass is 471 g/mol. The van der Waals surface area contributed by atoms with E-state index in [1.807, 2.05) is 0 Å². The van der Waals surface area contributed by atoms with E-state index in [2.05, 4.69) is 0 Å². The predicted octanol–water partition coefficient (Wildman–Crippen LogP) is 4.85. The summed E-state index contributed by atoms with van der Waals surface area (Å²) in [4.78, 5) is 10.7. The molecule has 4 aromatic rings. The number of carboxylic acids is 1. The number of rotatable bonds is 7. The van der Waals surface area contributed by atoms with Crippen molar-refractivity contribution in [2.45, 2.75) is 17.7 Å². The van der Waals surface area contributed by atoms with Crippen molar-refractivity contribution < 1.29 is 31.8 Å². The first-order valence-electron chi connectivity index (χ1n) is 9.93. The van der Waals surface area contributed by atoms with Gasteiger partial charge in [0.15, 0.2) is 11.6 Å². The lowest BCUT2D eigenvalue weighted by molar-refractivity contribution is -0.136. The molecule has 0 saturated heterocycles. The van der Waals surface area contributed by atoms with E-state index in [9.17, 15) is 22.0 Å². The van der Waals surface area contributed by atoms with E-state index in [1.54, 1.807) is 30.3 Å². The number of halogens is 2. The van der Waals surface area contributed by atoms with E-state index in [0.717, 1.165) is 22.2 Å². The Kier molecular flexibility index (Phi) is 5.90. The Morgan fingerprint density at radius 3 is 2.45 bits per heavy atom. The molecule has 0 fully saturated rings. The molecule has 0 bridgehead atoms. The van der Waals surface area contributed by atoms with Crippen LogP contribution in [0.15, 0.2) is 71.8 Å². The molecule has 4 rings (SSSR count). The maximum atomic E-state index is 14.7. The summed E-state index contributed by atoms with van der Waals surface area (Å²) in [7, 11) is -3.28. The van der Waals surface area contributed by atoms with Crippen LogP contribution in [-0.2, 0) is 21.2 Å². The molecule has 0 aliphatic heterocycles. The first-order chi connectivity index (χ1) is 15.7. The van der Waals surface area contributed by atoms with Crippen LogP contribution in [0.2, 0.25) is 0 Å². The third-order valence-corrected chi connectivity index (χ3v) is 7.03. The molecule has 9 heteroatoms. The molecular weight excluding hydrogens is 452 g/mol. The zero-order chi connectivity index (χ0) is 23.8. The smallest absolute Gasteiger partial charge is 0.303 e. The first-order valence-corrected chi connectivity index (χ1v) is 11.4. The number of hydrogen-bond acceptors (Lipinski definition) is 4. The van der Waals surface area contributed by atoms with Gasteiger partial charge in [-0.15, -0.1) is 0 Å². The van der Waals surface area contributed by atoms with E-state index in [0.29, 0.717) is 11.1 Å². The molecule has 1 heterocycles. The van der Waals surface area contributed by atoms with Crippen molar-refractivity contribution in [1.82, 2.24) is 3.97 Å². The minimum Gasteiger partial charge on any atom is -0.492 e. The van der Waals surface area contributed by atoms with Crippen LogP contribution in [0, 0.1) is 11.6 Å². The average molecular weight is 471 g/mol. The minimum absolute atomic E-state index is 0.0103. The Hall–Kier alpha value is -3.72. The van der Waals surface area contributed by atoms with Gasteiger partial charge >= 0.3 is 5.97 Å². The van der Waals surface area contributed by atoms with Crippen LogP contribution in [-0.4, -0.2) is 30.6 Å². The molecule has 0 saturated carbocycles. The van der Waals surface area contributed by atoms with Crippen molar-refractivity contribution in [3.05, 3.63) is 84.1 Å². The van der Waals surface area contributed by atoms with Crippen molar-refractivity contribution in [3.8, 4) is 16.9 Å². The summed E-state index contributed by atoms with van der Waals surface area (Å²) in [6.07, 6.45) is 0.972. The van der Waals surface area contributed by atoms with Crippen LogP contribution < -0.4 is 4.74 Å². The molecule has 0 unspecified atom stereocenters. The molecule has 3 aromatic carbocycles. The summed E-state index contributed by atoms with van der Waals surface area (Å²) in [5.74, 6) is -2.98. The maximum Gasteiger partial charge on any atom is 0.303 e. The van der Waals surface area contributed by atoms with Crippen molar-refractivity contribution in [2.75, 3.05) is 7.11 Å². The Morgan fingerprint density at radius 1 is 1.06 bits per heavy atom. The van der Waals surface area contributed by atoms with E-state index < -0.39 is 33.4 Å². The second kappa shape index (κ2) is 8.67. The van der Waals surface area contributed by atoms with Gasteiger partial charge in [0.25, 0.3) is 10.0 Å². The van der Waals surface area contributed by atoms with Crippen molar-refractivity contribution in [1.29, 1.82) is 0 Å². The molecular formula is C24H19F2NO5S. The van der Waals surface area contributed by atoms with Crippen LogP contribution in [0.3, 0.4) is 0 Å². The third-order valence-electron chi connectivity index (χ3n) is 5.29. The highest BCUT2D eigenvalue weighted by Crippen LogP contribution is 2.39. The number of ether oxygens (including phenoxy) is 1. The molecule has 1 N–H and O–H groups in total. The number of hydrogen-bond donors (Lipinski definition) is 1. The van der Waals surface area contributed by atoms with Gasteiger partial charge < -0.3 is 9.84 Å². The fraction of sp³-hybridized carbons (Fsp3) is 0.125. The van der Waals surface area contributed by atoms with Crippen LogP contribution in [0.5, 0.6) is 5.75 Å². The van der Waals surface area contributed by atoms with Gasteiger partial charge in [0, 0.05) is 23.6 Å². The lowest BCUT2D eigenvalue weighted by atomic mass is 10.1. The second-order valence-corrected chi connectivity index (χ2v) is 9.09. The minimum atomic E-state index is -4.46. The number of fused-ring (bicyclic) bond motifs is 1. The molecule has 0 atom stereocenters. The number of benzene rings is 3. The summed E-state index contributed by atoms with van der Waals surface area (Å²) in [5.41, 5.74) is 1.24. The van der Waals surface area contributed by atoms with Crippen LogP contribution in [0.1, 0.15) is 12.0 Å². The quantitative estimate of drug-likeness (QED) is 0.417. The Morgan fingerprint density at radius 2 is 1.79 bits per heavy atom. The van der Waals surface area contributed by atoms with Gasteiger partial charge in [-0.25, -0.2) is 21.2 Å². The summed E-state index contributed by atoms with van der Waals surface area (Å²) < 4.78 is 62.5. The normalized spacial score (nSPS) is 11.6. The van der Waals surface area contributed by atoms with E-state index in [1.165, 1.54) is 25.4 Å². The van der Waals surface area contributed by atoms with Gasteiger partial charge in [-0.05, 0) is 47.9 Å².